The second kappa shape index (κ2) is 8.90. The molecule has 2 atom stereocenters. The summed E-state index contributed by atoms with van der Waals surface area (Å²) < 4.78 is 80.4. The van der Waals surface area contributed by atoms with Crippen molar-refractivity contribution in [2.75, 3.05) is 10.6 Å². The lowest BCUT2D eigenvalue weighted by Gasteiger charge is -2.19. The molecule has 4 aromatic rings. The standard InChI is InChI=1S/C25H22F6N4/c1-14-4-8-19(9-5-14)35-22-12-17(32-15(2)24(26,27)28)6-10-20(22)34-21-11-7-18(13-23(21)35)33-16(3)25(29,30)31/h4-13,15-16H,1-3H3,(H,32,33)/p+1. The van der Waals surface area contributed by atoms with E-state index in [4.69, 9.17) is 0 Å². The van der Waals surface area contributed by atoms with E-state index in [9.17, 15) is 26.3 Å². The van der Waals surface area contributed by atoms with Crippen LogP contribution < -0.4 is 15.2 Å². The highest BCUT2D eigenvalue weighted by atomic mass is 19.4. The summed E-state index contributed by atoms with van der Waals surface area (Å²) in [6, 6.07) is 13.3. The fourth-order valence-corrected chi connectivity index (χ4v) is 3.67. The Balaban J connectivity index is 1.93. The minimum Gasteiger partial charge on any atom is -0.374 e. The summed E-state index contributed by atoms with van der Waals surface area (Å²) in [5.74, 6) is 0. The number of alkyl halides is 6. The zero-order valence-corrected chi connectivity index (χ0v) is 19.1. The van der Waals surface area contributed by atoms with Crippen LogP contribution in [-0.2, 0) is 0 Å². The van der Waals surface area contributed by atoms with Crippen molar-refractivity contribution >= 4 is 33.4 Å². The Bertz CT molecular complexity index is 1280. The third kappa shape index (κ3) is 5.26. The van der Waals surface area contributed by atoms with Gasteiger partial charge in [-0.3, -0.25) is 0 Å². The Hall–Kier alpha value is -3.56. The maximum atomic E-state index is 13.1. The number of aromatic nitrogens is 2. The molecule has 35 heavy (non-hydrogen) atoms. The predicted molar refractivity (Wildman–Crippen MR) is 124 cm³/mol. The van der Waals surface area contributed by atoms with E-state index in [0.29, 0.717) is 27.8 Å². The summed E-state index contributed by atoms with van der Waals surface area (Å²) in [7, 11) is 0. The topological polar surface area (TPSA) is 40.8 Å². The molecule has 0 amide bonds. The van der Waals surface area contributed by atoms with Crippen LogP contribution >= 0.6 is 0 Å². The number of nitrogens with zero attached hydrogens (tertiary/aromatic N) is 2. The summed E-state index contributed by atoms with van der Waals surface area (Å²) in [4.78, 5) is 4.60. The van der Waals surface area contributed by atoms with Crippen molar-refractivity contribution in [2.24, 2.45) is 0 Å². The van der Waals surface area contributed by atoms with Crippen LogP contribution in [0.4, 0.5) is 37.7 Å². The Kier molecular flexibility index (Phi) is 6.25. The molecule has 0 bridgehead atoms. The maximum absolute atomic E-state index is 13.1. The first kappa shape index (κ1) is 24.6. The number of benzene rings is 3. The lowest BCUT2D eigenvalue weighted by molar-refractivity contribution is -0.538. The normalized spacial score (nSPS) is 14.2. The van der Waals surface area contributed by atoms with Gasteiger partial charge in [-0.25, -0.2) is 4.98 Å². The molecule has 0 aliphatic heterocycles. The largest absolute Gasteiger partial charge is 0.408 e. The van der Waals surface area contributed by atoms with Gasteiger partial charge in [0.25, 0.3) is 0 Å². The van der Waals surface area contributed by atoms with Gasteiger partial charge in [0, 0.05) is 35.6 Å². The molecular weight excluding hydrogens is 470 g/mol. The van der Waals surface area contributed by atoms with E-state index < -0.39 is 24.4 Å². The van der Waals surface area contributed by atoms with E-state index in [-0.39, 0.29) is 11.4 Å². The van der Waals surface area contributed by atoms with Crippen LogP contribution in [-0.4, -0.2) is 29.4 Å². The number of halogens is 6. The second-order valence-corrected chi connectivity index (χ2v) is 8.51. The fraction of sp³-hybridized carbons (Fsp3) is 0.280. The summed E-state index contributed by atoms with van der Waals surface area (Å²) in [5.41, 5.74) is 4.21. The first-order valence-electron chi connectivity index (χ1n) is 10.9. The maximum Gasteiger partial charge on any atom is 0.408 e. The third-order valence-electron chi connectivity index (χ3n) is 5.71. The van der Waals surface area contributed by atoms with Gasteiger partial charge >= 0.3 is 12.4 Å². The molecule has 0 saturated carbocycles. The second-order valence-electron chi connectivity index (χ2n) is 8.51. The molecule has 2 unspecified atom stereocenters. The van der Waals surface area contributed by atoms with Gasteiger partial charge < -0.3 is 10.6 Å². The number of hydrogen-bond acceptors (Lipinski definition) is 3. The highest BCUT2D eigenvalue weighted by Gasteiger charge is 2.37. The van der Waals surface area contributed by atoms with Crippen LogP contribution in [0.5, 0.6) is 0 Å². The van der Waals surface area contributed by atoms with Crippen molar-refractivity contribution in [3.8, 4) is 5.69 Å². The van der Waals surface area contributed by atoms with Crippen LogP contribution in [0.2, 0.25) is 0 Å². The lowest BCUT2D eigenvalue weighted by Crippen LogP contribution is -2.35. The predicted octanol–water partition coefficient (Wildman–Crippen LogP) is 6.70. The van der Waals surface area contributed by atoms with Gasteiger partial charge in [-0.05, 0) is 45.0 Å². The molecular formula is C25H23F6N4+. The quantitative estimate of drug-likeness (QED) is 0.185. The summed E-state index contributed by atoms with van der Waals surface area (Å²) >= 11 is 0. The zero-order valence-electron chi connectivity index (χ0n) is 19.1. The Morgan fingerprint density at radius 1 is 0.686 bits per heavy atom. The molecule has 2 N–H and O–H groups in total. The molecule has 1 heterocycles. The number of rotatable bonds is 5. The summed E-state index contributed by atoms with van der Waals surface area (Å²) in [6.45, 7) is 3.96. The van der Waals surface area contributed by atoms with E-state index >= 15 is 0 Å². The minimum absolute atomic E-state index is 0.240. The van der Waals surface area contributed by atoms with Crippen molar-refractivity contribution in [1.82, 2.24) is 4.98 Å². The molecule has 0 fully saturated rings. The minimum atomic E-state index is -4.43. The zero-order chi connectivity index (χ0) is 25.5. The molecule has 184 valence electrons. The van der Waals surface area contributed by atoms with Crippen molar-refractivity contribution in [1.29, 1.82) is 0 Å². The first-order valence-corrected chi connectivity index (χ1v) is 10.9. The molecule has 4 nitrogen and oxygen atoms in total. The molecule has 0 aliphatic rings. The third-order valence-corrected chi connectivity index (χ3v) is 5.71. The number of fused-ring (bicyclic) bond motifs is 2. The smallest absolute Gasteiger partial charge is 0.374 e. The first-order chi connectivity index (χ1) is 16.3. The Morgan fingerprint density at radius 2 is 1.11 bits per heavy atom. The molecule has 3 aromatic carbocycles. The van der Waals surface area contributed by atoms with Crippen molar-refractivity contribution in [3.63, 3.8) is 0 Å². The van der Waals surface area contributed by atoms with Gasteiger partial charge in [0.15, 0.2) is 0 Å². The SMILES string of the molecule is Cc1ccc(-[n+]2c3cc(NC(C)C(F)(F)F)ccc3nc3ccc(NC(C)C(F)(F)F)cc32)cc1. The van der Waals surface area contributed by atoms with Gasteiger partial charge in [0.1, 0.15) is 23.1 Å². The van der Waals surface area contributed by atoms with Gasteiger partial charge in [-0.2, -0.15) is 26.3 Å². The van der Waals surface area contributed by atoms with Crippen LogP contribution in [0.3, 0.4) is 0 Å². The van der Waals surface area contributed by atoms with Gasteiger partial charge in [0.05, 0.1) is 0 Å². The fourth-order valence-electron chi connectivity index (χ4n) is 3.67. The number of anilines is 2. The molecule has 0 aliphatic carbocycles. The molecule has 4 rings (SSSR count). The van der Waals surface area contributed by atoms with Crippen LogP contribution in [0.15, 0.2) is 60.7 Å². The van der Waals surface area contributed by atoms with Gasteiger partial charge in [-0.1, -0.05) is 17.7 Å². The molecule has 1 aromatic heterocycles. The lowest BCUT2D eigenvalue weighted by atomic mass is 10.1. The number of nitrogens with one attached hydrogen (secondary N) is 2. The summed E-state index contributed by atoms with van der Waals surface area (Å²) in [5, 5.41) is 4.92. The van der Waals surface area contributed by atoms with E-state index in [2.05, 4.69) is 15.6 Å². The highest BCUT2D eigenvalue weighted by molar-refractivity contribution is 5.86. The summed E-state index contributed by atoms with van der Waals surface area (Å²) in [6.07, 6.45) is -8.86. The van der Waals surface area contributed by atoms with Crippen molar-refractivity contribution in [3.05, 3.63) is 66.2 Å². The average Bonchev–Trinajstić information content (AvgIpc) is 2.77. The molecule has 10 heteroatoms. The van der Waals surface area contributed by atoms with E-state index in [0.717, 1.165) is 19.4 Å². The monoisotopic (exact) mass is 493 g/mol. The van der Waals surface area contributed by atoms with Gasteiger partial charge in [0.2, 0.25) is 16.7 Å². The van der Waals surface area contributed by atoms with E-state index in [1.807, 2.05) is 31.2 Å². The van der Waals surface area contributed by atoms with Crippen LogP contribution in [0, 0.1) is 6.92 Å². The number of aryl methyl sites for hydroxylation is 1. The highest BCUT2D eigenvalue weighted by Crippen LogP contribution is 2.28. The average molecular weight is 493 g/mol. The van der Waals surface area contributed by atoms with Crippen LogP contribution in [0.25, 0.3) is 27.8 Å². The Morgan fingerprint density at radius 3 is 1.51 bits per heavy atom. The van der Waals surface area contributed by atoms with Crippen LogP contribution in [0.1, 0.15) is 19.4 Å². The number of hydrogen-bond donors (Lipinski definition) is 2. The van der Waals surface area contributed by atoms with E-state index in [1.54, 1.807) is 28.8 Å². The Labute approximate surface area is 197 Å². The van der Waals surface area contributed by atoms with E-state index in [1.165, 1.54) is 12.1 Å². The molecule has 0 spiro atoms. The van der Waals surface area contributed by atoms with Crippen molar-refractivity contribution in [2.45, 2.75) is 45.2 Å². The van der Waals surface area contributed by atoms with Crippen molar-refractivity contribution < 1.29 is 30.9 Å². The molecule has 0 radical (unpaired) electrons. The molecule has 0 saturated heterocycles. The van der Waals surface area contributed by atoms with Gasteiger partial charge in [-0.15, -0.1) is 4.57 Å².